The normalized spacial score (nSPS) is 12.9. The first-order valence-electron chi connectivity index (χ1n) is 6.79. The van der Waals surface area contributed by atoms with Gasteiger partial charge in [0.25, 0.3) is 0 Å². The molecule has 0 rings (SSSR count). The van der Waals surface area contributed by atoms with Crippen LogP contribution in [0.25, 0.3) is 0 Å². The van der Waals surface area contributed by atoms with Gasteiger partial charge in [-0.05, 0) is 20.3 Å². The molecular formula is C12H21ClN4O7S. The highest BCUT2D eigenvalue weighted by molar-refractivity contribution is 7.99. The van der Waals surface area contributed by atoms with Crippen molar-refractivity contribution in [2.75, 3.05) is 6.54 Å². The number of carboxylic acids is 2. The molecule has 144 valence electrons. The fourth-order valence-corrected chi connectivity index (χ4v) is 2.08. The molecule has 13 heteroatoms. The highest BCUT2D eigenvalue weighted by Gasteiger charge is 2.38. The van der Waals surface area contributed by atoms with Crippen LogP contribution >= 0.6 is 24.4 Å². The number of amides is 2. The van der Waals surface area contributed by atoms with Crippen molar-refractivity contribution in [3.8, 4) is 0 Å². The van der Waals surface area contributed by atoms with Crippen LogP contribution in [0, 0.1) is 4.91 Å². The van der Waals surface area contributed by atoms with Crippen molar-refractivity contribution in [1.82, 2.24) is 10.6 Å². The van der Waals surface area contributed by atoms with Crippen LogP contribution in [-0.4, -0.2) is 57.3 Å². The van der Waals surface area contributed by atoms with Crippen LogP contribution in [0.5, 0.6) is 0 Å². The molecule has 0 radical (unpaired) electrons. The quantitative estimate of drug-likeness (QED) is 0.224. The summed E-state index contributed by atoms with van der Waals surface area (Å²) in [5, 5.41) is 21.7. The number of carbonyl (C=O) groups excluding carboxylic acids is 2. The van der Waals surface area contributed by atoms with E-state index < -0.39 is 47.1 Å². The van der Waals surface area contributed by atoms with E-state index in [1.807, 2.05) is 0 Å². The molecule has 0 bridgehead atoms. The number of carboxylic acid groups (broad SMARTS) is 2. The van der Waals surface area contributed by atoms with E-state index in [0.29, 0.717) is 11.9 Å². The summed E-state index contributed by atoms with van der Waals surface area (Å²) in [6.45, 7) is 2.27. The lowest BCUT2D eigenvalue weighted by Gasteiger charge is -2.30. The number of carbonyl (C=O) groups is 4. The summed E-state index contributed by atoms with van der Waals surface area (Å²) in [7, 11) is 0. The van der Waals surface area contributed by atoms with Gasteiger partial charge in [-0.25, -0.2) is 0 Å². The Morgan fingerprint density at radius 3 is 2.24 bits per heavy atom. The van der Waals surface area contributed by atoms with Gasteiger partial charge in [-0.3, -0.25) is 19.2 Å². The Hall–Kier alpha value is -1.92. The number of nitrogens with two attached hydrogens (primary N) is 1. The molecule has 0 fully saturated rings. The summed E-state index contributed by atoms with van der Waals surface area (Å²) < 4.78 is 1.47. The van der Waals surface area contributed by atoms with Crippen LogP contribution < -0.4 is 16.4 Å². The number of halogens is 1. The van der Waals surface area contributed by atoms with Gasteiger partial charge in [0.1, 0.15) is 18.6 Å². The molecule has 0 aliphatic heterocycles. The summed E-state index contributed by atoms with van der Waals surface area (Å²) >= 11 is 0.503. The van der Waals surface area contributed by atoms with Gasteiger partial charge in [0.15, 0.2) is 0 Å². The van der Waals surface area contributed by atoms with E-state index in [1.165, 1.54) is 13.8 Å². The maximum absolute atomic E-state index is 12.1. The molecule has 0 aromatic carbocycles. The van der Waals surface area contributed by atoms with Gasteiger partial charge in [-0.2, -0.15) is 0 Å². The van der Waals surface area contributed by atoms with E-state index in [1.54, 1.807) is 0 Å². The first-order chi connectivity index (χ1) is 11.0. The fourth-order valence-electron chi connectivity index (χ4n) is 1.61. The molecule has 0 aromatic rings. The summed E-state index contributed by atoms with van der Waals surface area (Å²) in [5.74, 6) is -4.02. The molecule has 2 amide bonds. The van der Waals surface area contributed by atoms with E-state index in [2.05, 4.69) is 15.2 Å². The first-order valence-corrected chi connectivity index (χ1v) is 7.56. The van der Waals surface area contributed by atoms with Crippen molar-refractivity contribution >= 4 is 48.1 Å². The van der Waals surface area contributed by atoms with E-state index >= 15 is 0 Å². The number of nitrogens with one attached hydrogen (secondary N) is 2. The Kier molecular flexibility index (Phi) is 11.8. The van der Waals surface area contributed by atoms with Gasteiger partial charge < -0.3 is 26.6 Å². The fraction of sp³-hybridized carbons (Fsp3) is 0.667. The Balaban J connectivity index is 0. The maximum Gasteiger partial charge on any atom is 0.322 e. The smallest absolute Gasteiger partial charge is 0.322 e. The van der Waals surface area contributed by atoms with E-state index in [9.17, 15) is 24.1 Å². The second kappa shape index (κ2) is 11.6. The molecule has 2 atom stereocenters. The van der Waals surface area contributed by atoms with Crippen molar-refractivity contribution in [2.45, 2.75) is 43.5 Å². The van der Waals surface area contributed by atoms with Crippen LogP contribution in [0.4, 0.5) is 0 Å². The molecule has 25 heavy (non-hydrogen) atoms. The number of aliphatic carboxylic acids is 2. The van der Waals surface area contributed by atoms with E-state index in [4.69, 9.17) is 15.9 Å². The predicted molar refractivity (Wildman–Crippen MR) is 92.1 cm³/mol. The molecular weight excluding hydrogens is 380 g/mol. The number of nitroso groups, excluding NO2 is 1. The van der Waals surface area contributed by atoms with Crippen molar-refractivity contribution < 1.29 is 29.4 Å². The topological polar surface area (TPSA) is 188 Å². The molecule has 0 aromatic heterocycles. The Morgan fingerprint density at radius 2 is 1.80 bits per heavy atom. The van der Waals surface area contributed by atoms with Crippen LogP contribution in [0.2, 0.25) is 0 Å². The highest BCUT2D eigenvalue weighted by Crippen LogP contribution is 2.29. The van der Waals surface area contributed by atoms with Crippen molar-refractivity contribution in [2.24, 2.45) is 10.3 Å². The first kappa shape index (κ1) is 25.3. The predicted octanol–water partition coefficient (Wildman–Crippen LogP) is -0.521. The zero-order chi connectivity index (χ0) is 18.9. The molecule has 0 saturated heterocycles. The highest BCUT2D eigenvalue weighted by atomic mass is 35.5. The number of rotatable bonds is 11. The molecule has 0 heterocycles. The minimum Gasteiger partial charge on any atom is -0.480 e. The average molecular weight is 401 g/mol. The molecule has 0 spiro atoms. The Labute approximate surface area is 154 Å². The lowest BCUT2D eigenvalue weighted by Crippen LogP contribution is -2.57. The third kappa shape index (κ3) is 9.84. The Bertz CT molecular complexity index is 518. The van der Waals surface area contributed by atoms with E-state index in [-0.39, 0.29) is 25.2 Å². The van der Waals surface area contributed by atoms with Crippen LogP contribution in [0.3, 0.4) is 0 Å². The minimum atomic E-state index is -1.28. The number of nitrogens with zero attached hydrogens (tertiary/aromatic N) is 1. The van der Waals surface area contributed by atoms with Gasteiger partial charge in [0, 0.05) is 23.0 Å². The lowest BCUT2D eigenvalue weighted by atomic mass is 10.0. The molecule has 11 nitrogen and oxygen atoms in total. The monoisotopic (exact) mass is 400 g/mol. The standard InChI is InChI=1S/C12H20N4O7S.ClH/c1-12(2,24-16-23)9(10(20)14-5-8(18)19)15-7(17)4-3-6(13)11(21)22;/h6,9H,3-5,13H2,1-2H3,(H,14,20)(H,15,17)(H,18,19)(H,21,22);1H/t6-,9+;/m0./s1. The van der Waals surface area contributed by atoms with Crippen LogP contribution in [0.15, 0.2) is 4.58 Å². The maximum atomic E-state index is 12.1. The van der Waals surface area contributed by atoms with Crippen molar-refractivity contribution in [3.63, 3.8) is 0 Å². The second-order valence-corrected chi connectivity index (χ2v) is 6.75. The van der Waals surface area contributed by atoms with Crippen molar-refractivity contribution in [3.05, 3.63) is 4.91 Å². The zero-order valence-corrected chi connectivity index (χ0v) is 15.2. The summed E-state index contributed by atoms with van der Waals surface area (Å²) in [5.41, 5.74) is 5.29. The molecule has 0 saturated carbocycles. The van der Waals surface area contributed by atoms with Gasteiger partial charge in [-0.15, -0.1) is 17.3 Å². The molecule has 0 aliphatic rings. The van der Waals surface area contributed by atoms with Crippen LogP contribution in [0.1, 0.15) is 26.7 Å². The summed E-state index contributed by atoms with van der Waals surface area (Å²) in [6, 6.07) is -2.48. The minimum absolute atomic E-state index is 0. The molecule has 0 unspecified atom stereocenters. The Morgan fingerprint density at radius 1 is 1.24 bits per heavy atom. The summed E-state index contributed by atoms with van der Waals surface area (Å²) in [6.07, 6.45) is -0.407. The van der Waals surface area contributed by atoms with Gasteiger partial charge >= 0.3 is 11.9 Å². The van der Waals surface area contributed by atoms with Gasteiger partial charge in [-0.1, -0.05) is 0 Å². The third-order valence-electron chi connectivity index (χ3n) is 2.95. The van der Waals surface area contributed by atoms with Gasteiger partial charge in [0.05, 0.1) is 4.75 Å². The van der Waals surface area contributed by atoms with Crippen LogP contribution in [-0.2, 0) is 19.2 Å². The van der Waals surface area contributed by atoms with Gasteiger partial charge in [0.2, 0.25) is 11.8 Å². The average Bonchev–Trinajstić information content (AvgIpc) is 2.47. The second-order valence-electron chi connectivity index (χ2n) is 5.36. The largest absolute Gasteiger partial charge is 0.480 e. The number of hydrogen-bond donors (Lipinski definition) is 5. The van der Waals surface area contributed by atoms with Crippen molar-refractivity contribution in [1.29, 1.82) is 0 Å². The lowest BCUT2D eigenvalue weighted by molar-refractivity contribution is -0.139. The SMILES string of the molecule is CC(C)(SN=O)[C@H](NC(=O)CC[C@H](N)C(=O)O)C(=O)NCC(=O)O.Cl. The summed E-state index contributed by atoms with van der Waals surface area (Å²) in [4.78, 5) is 55.6. The number of hydrogen-bond acceptors (Lipinski definition) is 8. The third-order valence-corrected chi connectivity index (χ3v) is 3.73. The van der Waals surface area contributed by atoms with E-state index in [0.717, 1.165) is 0 Å². The molecule has 0 aliphatic carbocycles. The molecule has 6 N–H and O–H groups in total. The zero-order valence-electron chi connectivity index (χ0n) is 13.6.